The van der Waals surface area contributed by atoms with Crippen LogP contribution in [0.5, 0.6) is 0 Å². The van der Waals surface area contributed by atoms with Gasteiger partial charge in [0.05, 0.1) is 0 Å². The molecule has 0 bridgehead atoms. The van der Waals surface area contributed by atoms with Crippen LogP contribution in [0.3, 0.4) is 0 Å². The van der Waals surface area contributed by atoms with Gasteiger partial charge in [0.15, 0.2) is 6.10 Å². The summed E-state index contributed by atoms with van der Waals surface area (Å²) in [6.07, 6.45) is 84.6. The highest BCUT2D eigenvalue weighted by Crippen LogP contribution is 2.19. The zero-order valence-electron chi connectivity index (χ0n) is 53.4. The number of rotatable bonds is 66. The Hall–Kier alpha value is -2.37. The van der Waals surface area contributed by atoms with E-state index in [-0.39, 0.29) is 31.1 Å². The summed E-state index contributed by atoms with van der Waals surface area (Å²) in [6, 6.07) is 0. The highest BCUT2D eigenvalue weighted by atomic mass is 16.6. The first-order valence-corrected chi connectivity index (χ1v) is 35.5. The zero-order chi connectivity index (χ0) is 57.1. The van der Waals surface area contributed by atoms with Crippen LogP contribution in [0.4, 0.5) is 0 Å². The van der Waals surface area contributed by atoms with Crippen molar-refractivity contribution in [2.45, 2.75) is 399 Å². The fourth-order valence-electron chi connectivity index (χ4n) is 10.8. The Kier molecular flexibility index (Phi) is 66.1. The fourth-order valence-corrected chi connectivity index (χ4v) is 10.8. The molecule has 0 aromatic rings. The molecule has 0 heterocycles. The Labute approximate surface area is 493 Å². The van der Waals surface area contributed by atoms with Gasteiger partial charge in [0.1, 0.15) is 13.2 Å². The molecule has 6 heteroatoms. The predicted molar refractivity (Wildman–Crippen MR) is 344 cm³/mol. The number of hydrogen-bond acceptors (Lipinski definition) is 6. The van der Waals surface area contributed by atoms with Crippen molar-refractivity contribution in [1.29, 1.82) is 0 Å². The summed E-state index contributed by atoms with van der Waals surface area (Å²) in [5.41, 5.74) is 0. The first-order chi connectivity index (χ1) is 39.0. The Morgan fingerprint density at radius 2 is 0.456 bits per heavy atom. The molecule has 79 heavy (non-hydrogen) atoms. The van der Waals surface area contributed by atoms with Gasteiger partial charge in [0.25, 0.3) is 0 Å². The lowest BCUT2D eigenvalue weighted by atomic mass is 10.0. The standard InChI is InChI=1S/C73H136O6/c1-4-7-10-13-16-19-22-25-28-31-33-34-35-36-37-38-39-41-42-45-48-51-54-57-60-63-66-72(75)78-69-70(68-77-71(74)65-62-59-56-53-50-47-44-30-27-24-21-18-15-12-9-6-3)79-73(76)67-64-61-58-55-52-49-46-43-40-32-29-26-23-20-17-14-11-8-5-2/h17,20,26,29,40,43,70H,4-16,18-19,21-25,27-28,30-39,41-42,44-69H2,1-3H3/b20-17-,29-26-,43-40-. The van der Waals surface area contributed by atoms with Crippen LogP contribution in [0.25, 0.3) is 0 Å². The van der Waals surface area contributed by atoms with Gasteiger partial charge in [-0.15, -0.1) is 0 Å². The minimum absolute atomic E-state index is 0.0718. The van der Waals surface area contributed by atoms with E-state index in [2.05, 4.69) is 57.2 Å². The van der Waals surface area contributed by atoms with E-state index < -0.39 is 6.10 Å². The molecule has 0 aliphatic rings. The fraction of sp³-hybridized carbons (Fsp3) is 0.877. The average molecular weight is 1110 g/mol. The Bertz CT molecular complexity index is 1320. The van der Waals surface area contributed by atoms with Gasteiger partial charge in [-0.1, -0.05) is 353 Å². The summed E-state index contributed by atoms with van der Waals surface area (Å²) in [4.78, 5) is 38.4. The van der Waals surface area contributed by atoms with Gasteiger partial charge in [-0.2, -0.15) is 0 Å². The van der Waals surface area contributed by atoms with Crippen LogP contribution < -0.4 is 0 Å². The molecule has 1 atom stereocenters. The van der Waals surface area contributed by atoms with Crippen molar-refractivity contribution < 1.29 is 28.6 Å². The van der Waals surface area contributed by atoms with Crippen molar-refractivity contribution in [3.8, 4) is 0 Å². The summed E-state index contributed by atoms with van der Waals surface area (Å²) in [5.74, 6) is -0.853. The molecule has 0 saturated heterocycles. The molecule has 0 aromatic carbocycles. The van der Waals surface area contributed by atoms with Crippen LogP contribution >= 0.6 is 0 Å². The molecule has 6 nitrogen and oxygen atoms in total. The average Bonchev–Trinajstić information content (AvgIpc) is 3.45. The topological polar surface area (TPSA) is 78.9 Å². The molecule has 0 rings (SSSR count). The predicted octanol–water partition coefficient (Wildman–Crippen LogP) is 24.3. The summed E-state index contributed by atoms with van der Waals surface area (Å²) in [7, 11) is 0. The van der Waals surface area contributed by atoms with Gasteiger partial charge in [-0.05, 0) is 57.8 Å². The molecular formula is C73H136O6. The molecule has 0 radical (unpaired) electrons. The van der Waals surface area contributed by atoms with Crippen LogP contribution in [0, 0.1) is 0 Å². The maximum absolute atomic E-state index is 12.9. The molecule has 0 amide bonds. The minimum atomic E-state index is -0.777. The normalized spacial score (nSPS) is 12.2. The highest BCUT2D eigenvalue weighted by Gasteiger charge is 2.19. The van der Waals surface area contributed by atoms with Gasteiger partial charge < -0.3 is 14.2 Å². The molecule has 0 aliphatic carbocycles. The second kappa shape index (κ2) is 68.1. The third kappa shape index (κ3) is 66.3. The lowest BCUT2D eigenvalue weighted by Gasteiger charge is -2.18. The number of carbonyl (C=O) groups excluding carboxylic acids is 3. The number of ether oxygens (including phenoxy) is 3. The third-order valence-electron chi connectivity index (χ3n) is 16.1. The number of unbranched alkanes of at least 4 members (excludes halogenated alkanes) is 49. The SMILES string of the molecule is CCCCC/C=C\C/C=C\C/C=C\CCCCCCCCC(=O)OC(COC(=O)CCCCCCCCCCCCCCCCCC)COC(=O)CCCCCCCCCCCCCCCCCCCCCCCCCCCC. The van der Waals surface area contributed by atoms with Gasteiger partial charge in [-0.3, -0.25) is 14.4 Å². The second-order valence-electron chi connectivity index (χ2n) is 24.2. The van der Waals surface area contributed by atoms with Crippen molar-refractivity contribution >= 4 is 17.9 Å². The summed E-state index contributed by atoms with van der Waals surface area (Å²) >= 11 is 0. The Morgan fingerprint density at radius 1 is 0.253 bits per heavy atom. The van der Waals surface area contributed by atoms with Crippen molar-refractivity contribution in [3.63, 3.8) is 0 Å². The monoisotopic (exact) mass is 1110 g/mol. The molecule has 0 saturated carbocycles. The van der Waals surface area contributed by atoms with Gasteiger partial charge in [0.2, 0.25) is 0 Å². The molecule has 464 valence electrons. The zero-order valence-corrected chi connectivity index (χ0v) is 53.4. The Morgan fingerprint density at radius 3 is 0.734 bits per heavy atom. The molecule has 0 aromatic heterocycles. The van der Waals surface area contributed by atoms with E-state index in [1.54, 1.807) is 0 Å². The van der Waals surface area contributed by atoms with Gasteiger partial charge >= 0.3 is 17.9 Å². The molecule has 0 spiro atoms. The lowest BCUT2D eigenvalue weighted by molar-refractivity contribution is -0.167. The van der Waals surface area contributed by atoms with E-state index in [0.29, 0.717) is 19.3 Å². The maximum Gasteiger partial charge on any atom is 0.306 e. The van der Waals surface area contributed by atoms with Crippen LogP contribution in [-0.2, 0) is 28.6 Å². The summed E-state index contributed by atoms with van der Waals surface area (Å²) in [5, 5.41) is 0. The van der Waals surface area contributed by atoms with E-state index in [9.17, 15) is 14.4 Å². The van der Waals surface area contributed by atoms with Gasteiger partial charge in [0, 0.05) is 19.3 Å². The first kappa shape index (κ1) is 76.6. The number of carbonyl (C=O) groups is 3. The van der Waals surface area contributed by atoms with Crippen molar-refractivity contribution in [1.82, 2.24) is 0 Å². The smallest absolute Gasteiger partial charge is 0.306 e. The van der Waals surface area contributed by atoms with Crippen molar-refractivity contribution in [2.75, 3.05) is 13.2 Å². The largest absolute Gasteiger partial charge is 0.462 e. The molecule has 0 fully saturated rings. The molecular weight excluding hydrogens is 973 g/mol. The molecule has 0 N–H and O–H groups in total. The van der Waals surface area contributed by atoms with Crippen molar-refractivity contribution in [2.24, 2.45) is 0 Å². The highest BCUT2D eigenvalue weighted by molar-refractivity contribution is 5.71. The maximum atomic E-state index is 12.9. The summed E-state index contributed by atoms with van der Waals surface area (Å²) in [6.45, 7) is 6.68. The van der Waals surface area contributed by atoms with Crippen LogP contribution in [0.2, 0.25) is 0 Å². The lowest BCUT2D eigenvalue weighted by Crippen LogP contribution is -2.30. The minimum Gasteiger partial charge on any atom is -0.462 e. The van der Waals surface area contributed by atoms with Crippen molar-refractivity contribution in [3.05, 3.63) is 36.5 Å². The van der Waals surface area contributed by atoms with E-state index in [1.807, 2.05) is 0 Å². The van der Waals surface area contributed by atoms with E-state index >= 15 is 0 Å². The van der Waals surface area contributed by atoms with Gasteiger partial charge in [-0.25, -0.2) is 0 Å². The van der Waals surface area contributed by atoms with E-state index in [4.69, 9.17) is 14.2 Å². The number of allylic oxidation sites excluding steroid dienone is 6. The Balaban J connectivity index is 4.27. The van der Waals surface area contributed by atoms with E-state index in [0.717, 1.165) is 77.0 Å². The first-order valence-electron chi connectivity index (χ1n) is 35.5. The van der Waals surface area contributed by atoms with Crippen LogP contribution in [-0.4, -0.2) is 37.2 Å². The van der Waals surface area contributed by atoms with Crippen LogP contribution in [0.1, 0.15) is 393 Å². The van der Waals surface area contributed by atoms with Crippen LogP contribution in [0.15, 0.2) is 36.5 Å². The number of esters is 3. The molecule has 1 unspecified atom stereocenters. The van der Waals surface area contributed by atoms with E-state index in [1.165, 1.54) is 276 Å². The third-order valence-corrected chi connectivity index (χ3v) is 16.1. The quantitative estimate of drug-likeness (QED) is 0.0261. The second-order valence-corrected chi connectivity index (χ2v) is 24.2. The number of hydrogen-bond donors (Lipinski definition) is 0. The molecule has 0 aliphatic heterocycles. The summed E-state index contributed by atoms with van der Waals surface area (Å²) < 4.78 is 17.0.